The molecule has 0 radical (unpaired) electrons. The zero-order valence-corrected chi connectivity index (χ0v) is 11.3. The lowest BCUT2D eigenvalue weighted by Crippen LogP contribution is -2.14. The Bertz CT molecular complexity index is 371. The second-order valence-corrected chi connectivity index (χ2v) is 3.83. The SMILES string of the molecule is CCCOc1nc(CC)nc(NCCOC)c1N. The van der Waals surface area contributed by atoms with Crippen LogP contribution in [0.1, 0.15) is 26.1 Å². The van der Waals surface area contributed by atoms with Gasteiger partial charge in [0.25, 0.3) is 0 Å². The molecule has 6 heteroatoms. The third kappa shape index (κ3) is 4.03. The number of aromatic nitrogens is 2. The van der Waals surface area contributed by atoms with Gasteiger partial charge in [0, 0.05) is 20.1 Å². The first kappa shape index (κ1) is 14.5. The Morgan fingerprint density at radius 1 is 1.22 bits per heavy atom. The zero-order valence-electron chi connectivity index (χ0n) is 11.3. The maximum atomic E-state index is 5.98. The van der Waals surface area contributed by atoms with Crippen LogP contribution in [0, 0.1) is 0 Å². The number of hydrogen-bond donors (Lipinski definition) is 2. The molecule has 0 fully saturated rings. The second-order valence-electron chi connectivity index (χ2n) is 3.83. The van der Waals surface area contributed by atoms with Gasteiger partial charge in [-0.1, -0.05) is 13.8 Å². The van der Waals surface area contributed by atoms with Crippen LogP contribution in [0.4, 0.5) is 11.5 Å². The molecule has 0 aliphatic rings. The number of nitrogens with two attached hydrogens (primary N) is 1. The summed E-state index contributed by atoms with van der Waals surface area (Å²) in [5, 5.41) is 3.12. The molecule has 1 rings (SSSR count). The summed E-state index contributed by atoms with van der Waals surface area (Å²) in [7, 11) is 1.65. The van der Waals surface area contributed by atoms with Crippen molar-refractivity contribution < 1.29 is 9.47 Å². The first-order valence-electron chi connectivity index (χ1n) is 6.24. The molecule has 1 aromatic rings. The predicted octanol–water partition coefficient (Wildman–Crippen LogP) is 1.47. The van der Waals surface area contributed by atoms with Crippen molar-refractivity contribution in [2.45, 2.75) is 26.7 Å². The molecule has 0 aliphatic heterocycles. The Morgan fingerprint density at radius 2 is 2.00 bits per heavy atom. The van der Waals surface area contributed by atoms with Gasteiger partial charge in [-0.15, -0.1) is 0 Å². The molecule has 18 heavy (non-hydrogen) atoms. The number of aryl methyl sites for hydroxylation is 1. The van der Waals surface area contributed by atoms with Crippen LogP contribution in [0.3, 0.4) is 0 Å². The highest BCUT2D eigenvalue weighted by atomic mass is 16.5. The third-order valence-corrected chi connectivity index (χ3v) is 2.31. The fraction of sp³-hybridized carbons (Fsp3) is 0.667. The van der Waals surface area contributed by atoms with Gasteiger partial charge in [-0.2, -0.15) is 4.98 Å². The summed E-state index contributed by atoms with van der Waals surface area (Å²) in [6, 6.07) is 0. The lowest BCUT2D eigenvalue weighted by Gasteiger charge is -2.13. The number of anilines is 2. The first-order valence-corrected chi connectivity index (χ1v) is 6.24. The molecule has 1 heterocycles. The summed E-state index contributed by atoms with van der Waals surface area (Å²) in [5.74, 6) is 1.80. The molecule has 1 aromatic heterocycles. The predicted molar refractivity (Wildman–Crippen MR) is 72.0 cm³/mol. The molecule has 0 unspecified atom stereocenters. The average molecular weight is 254 g/mol. The number of nitrogens with one attached hydrogen (secondary N) is 1. The van der Waals surface area contributed by atoms with Crippen LogP contribution in [0.2, 0.25) is 0 Å². The minimum atomic E-state index is 0.455. The topological polar surface area (TPSA) is 82.3 Å². The molecule has 0 saturated heterocycles. The smallest absolute Gasteiger partial charge is 0.242 e. The van der Waals surface area contributed by atoms with Gasteiger partial charge < -0.3 is 20.5 Å². The molecule has 0 amide bonds. The van der Waals surface area contributed by atoms with Crippen LogP contribution in [0.5, 0.6) is 5.88 Å². The van der Waals surface area contributed by atoms with Gasteiger partial charge in [-0.25, -0.2) is 4.98 Å². The Labute approximate surface area is 108 Å². The van der Waals surface area contributed by atoms with E-state index in [-0.39, 0.29) is 0 Å². The molecular formula is C12H22N4O2. The molecule has 0 aliphatic carbocycles. The molecule has 6 nitrogen and oxygen atoms in total. The summed E-state index contributed by atoms with van der Waals surface area (Å²) in [5.41, 5.74) is 6.43. The number of nitrogens with zero attached hydrogens (tertiary/aromatic N) is 2. The lowest BCUT2D eigenvalue weighted by molar-refractivity contribution is 0.210. The molecule has 102 valence electrons. The number of ether oxygens (including phenoxy) is 2. The fourth-order valence-electron chi connectivity index (χ4n) is 1.37. The molecule has 0 bridgehead atoms. The fourth-order valence-corrected chi connectivity index (χ4v) is 1.37. The van der Waals surface area contributed by atoms with Crippen LogP contribution in [-0.2, 0) is 11.2 Å². The monoisotopic (exact) mass is 254 g/mol. The minimum Gasteiger partial charge on any atom is -0.476 e. The van der Waals surface area contributed by atoms with Crippen molar-refractivity contribution in [2.75, 3.05) is 37.9 Å². The molecular weight excluding hydrogens is 232 g/mol. The Kier molecular flexibility index (Phi) is 6.21. The Balaban J connectivity index is 2.85. The van der Waals surface area contributed by atoms with Crippen molar-refractivity contribution in [2.24, 2.45) is 0 Å². The van der Waals surface area contributed by atoms with Gasteiger partial charge >= 0.3 is 0 Å². The normalized spacial score (nSPS) is 10.4. The molecule has 0 aromatic carbocycles. The Morgan fingerprint density at radius 3 is 2.61 bits per heavy atom. The average Bonchev–Trinajstić information content (AvgIpc) is 2.39. The van der Waals surface area contributed by atoms with E-state index >= 15 is 0 Å². The first-order chi connectivity index (χ1) is 8.72. The summed E-state index contributed by atoms with van der Waals surface area (Å²) in [4.78, 5) is 8.64. The molecule has 0 spiro atoms. The summed E-state index contributed by atoms with van der Waals surface area (Å²) >= 11 is 0. The van der Waals surface area contributed by atoms with Gasteiger partial charge in [0.15, 0.2) is 5.82 Å². The molecule has 3 N–H and O–H groups in total. The van der Waals surface area contributed by atoms with E-state index in [1.807, 2.05) is 13.8 Å². The summed E-state index contributed by atoms with van der Waals surface area (Å²) < 4.78 is 10.5. The summed E-state index contributed by atoms with van der Waals surface area (Å²) in [6.45, 7) is 5.87. The van der Waals surface area contributed by atoms with Gasteiger partial charge in [0.1, 0.15) is 11.5 Å². The second kappa shape index (κ2) is 7.71. The van der Waals surface area contributed by atoms with Crippen molar-refractivity contribution in [3.05, 3.63) is 5.82 Å². The lowest BCUT2D eigenvalue weighted by atomic mass is 10.4. The highest BCUT2D eigenvalue weighted by Crippen LogP contribution is 2.26. The Hall–Kier alpha value is -1.56. The quantitative estimate of drug-likeness (QED) is 0.684. The van der Waals surface area contributed by atoms with E-state index in [0.29, 0.717) is 37.1 Å². The molecule has 0 atom stereocenters. The third-order valence-electron chi connectivity index (χ3n) is 2.31. The van der Waals surface area contributed by atoms with E-state index in [4.69, 9.17) is 15.2 Å². The maximum Gasteiger partial charge on any atom is 0.242 e. The zero-order chi connectivity index (χ0) is 13.4. The van der Waals surface area contributed by atoms with E-state index in [0.717, 1.165) is 18.7 Å². The molecule has 0 saturated carbocycles. The van der Waals surface area contributed by atoms with Crippen LogP contribution in [0.25, 0.3) is 0 Å². The van der Waals surface area contributed by atoms with Crippen molar-refractivity contribution in [1.29, 1.82) is 0 Å². The number of rotatable bonds is 8. The van der Waals surface area contributed by atoms with Crippen LogP contribution >= 0.6 is 0 Å². The number of methoxy groups -OCH3 is 1. The highest BCUT2D eigenvalue weighted by Gasteiger charge is 2.11. The maximum absolute atomic E-state index is 5.98. The van der Waals surface area contributed by atoms with Crippen molar-refractivity contribution in [3.63, 3.8) is 0 Å². The number of nitrogen functional groups attached to an aromatic ring is 1. The van der Waals surface area contributed by atoms with Crippen molar-refractivity contribution in [3.8, 4) is 5.88 Å². The highest BCUT2D eigenvalue weighted by molar-refractivity contribution is 5.66. The van der Waals surface area contributed by atoms with E-state index in [1.165, 1.54) is 0 Å². The van der Waals surface area contributed by atoms with Crippen LogP contribution in [0.15, 0.2) is 0 Å². The largest absolute Gasteiger partial charge is 0.476 e. The van der Waals surface area contributed by atoms with Crippen LogP contribution < -0.4 is 15.8 Å². The van der Waals surface area contributed by atoms with E-state index in [9.17, 15) is 0 Å². The summed E-state index contributed by atoms with van der Waals surface area (Å²) in [6.07, 6.45) is 1.65. The van der Waals surface area contributed by atoms with E-state index in [1.54, 1.807) is 7.11 Å². The van der Waals surface area contributed by atoms with E-state index < -0.39 is 0 Å². The standard InChI is InChI=1S/C12H22N4O2/c1-4-7-18-12-10(13)11(14-6-8-17-3)15-9(5-2)16-12/h4-8,13H2,1-3H3,(H,14,15,16). The van der Waals surface area contributed by atoms with Crippen LogP contribution in [-0.4, -0.2) is 36.8 Å². The van der Waals surface area contributed by atoms with Gasteiger partial charge in [-0.05, 0) is 6.42 Å². The van der Waals surface area contributed by atoms with Crippen molar-refractivity contribution >= 4 is 11.5 Å². The van der Waals surface area contributed by atoms with Gasteiger partial charge in [0.05, 0.1) is 13.2 Å². The van der Waals surface area contributed by atoms with Crippen molar-refractivity contribution in [1.82, 2.24) is 9.97 Å². The van der Waals surface area contributed by atoms with Gasteiger partial charge in [-0.3, -0.25) is 0 Å². The minimum absolute atomic E-state index is 0.455. The van der Waals surface area contributed by atoms with E-state index in [2.05, 4.69) is 15.3 Å². The number of hydrogen-bond acceptors (Lipinski definition) is 6. The van der Waals surface area contributed by atoms with Gasteiger partial charge in [0.2, 0.25) is 5.88 Å².